The Bertz CT molecular complexity index is 548. The molecule has 1 N–H and O–H groups in total. The van der Waals surface area contributed by atoms with Crippen molar-refractivity contribution in [2.45, 2.75) is 19.3 Å². The maximum atomic E-state index is 13.8. The zero-order valence-electron chi connectivity index (χ0n) is 12.8. The Balaban J connectivity index is 1.69. The van der Waals surface area contributed by atoms with Crippen LogP contribution in [0.1, 0.15) is 11.1 Å². The van der Waals surface area contributed by atoms with Crippen LogP contribution in [0.15, 0.2) is 54.6 Å². The van der Waals surface area contributed by atoms with Crippen LogP contribution in [-0.4, -0.2) is 26.4 Å². The maximum absolute atomic E-state index is 13.8. The van der Waals surface area contributed by atoms with E-state index in [0.717, 1.165) is 17.7 Å². The van der Waals surface area contributed by atoms with E-state index in [4.69, 9.17) is 9.47 Å². The summed E-state index contributed by atoms with van der Waals surface area (Å²) in [5.74, 6) is 0.679. The summed E-state index contributed by atoms with van der Waals surface area (Å²) in [6, 6.07) is 17.4. The average molecular weight is 303 g/mol. The van der Waals surface area contributed by atoms with Gasteiger partial charge in [-0.05, 0) is 30.3 Å². The molecule has 0 radical (unpaired) electrons. The maximum Gasteiger partial charge on any atom is 0.157 e. The van der Waals surface area contributed by atoms with Gasteiger partial charge < -0.3 is 14.8 Å². The highest BCUT2D eigenvalue weighted by Crippen LogP contribution is 2.14. The summed E-state index contributed by atoms with van der Waals surface area (Å²) in [4.78, 5) is 0. The second-order valence-electron chi connectivity index (χ2n) is 5.09. The second-order valence-corrected chi connectivity index (χ2v) is 5.09. The molecule has 3 nitrogen and oxygen atoms in total. The van der Waals surface area contributed by atoms with Crippen LogP contribution in [0.25, 0.3) is 0 Å². The van der Waals surface area contributed by atoms with Gasteiger partial charge in [0.05, 0.1) is 13.2 Å². The molecule has 2 aromatic carbocycles. The fraction of sp³-hybridized carbons (Fsp3) is 0.333. The van der Waals surface area contributed by atoms with Gasteiger partial charge in [-0.2, -0.15) is 0 Å². The fourth-order valence-corrected chi connectivity index (χ4v) is 2.06. The average Bonchev–Trinajstić information content (AvgIpc) is 2.55. The zero-order chi connectivity index (χ0) is 15.6. The minimum atomic E-state index is -1.14. The van der Waals surface area contributed by atoms with Crippen molar-refractivity contribution in [3.63, 3.8) is 0 Å². The summed E-state index contributed by atoms with van der Waals surface area (Å²) >= 11 is 0. The van der Waals surface area contributed by atoms with Crippen LogP contribution >= 0.6 is 0 Å². The summed E-state index contributed by atoms with van der Waals surface area (Å²) in [5.41, 5.74) is 2.14. The van der Waals surface area contributed by atoms with Crippen LogP contribution in [0.5, 0.6) is 5.75 Å². The van der Waals surface area contributed by atoms with Gasteiger partial charge in [-0.1, -0.05) is 42.5 Å². The number of hydrogen-bond donors (Lipinski definition) is 1. The predicted octanol–water partition coefficient (Wildman–Crippen LogP) is 3.34. The molecule has 118 valence electrons. The van der Waals surface area contributed by atoms with Gasteiger partial charge in [0.15, 0.2) is 6.17 Å². The highest BCUT2D eigenvalue weighted by Gasteiger charge is 2.08. The normalized spacial score (nSPS) is 12.1. The molecule has 0 aliphatic carbocycles. The predicted molar refractivity (Wildman–Crippen MR) is 85.7 cm³/mol. The van der Waals surface area contributed by atoms with E-state index in [0.29, 0.717) is 12.4 Å². The molecule has 4 heteroatoms. The van der Waals surface area contributed by atoms with E-state index < -0.39 is 6.17 Å². The minimum absolute atomic E-state index is 0.00219. The smallest absolute Gasteiger partial charge is 0.157 e. The van der Waals surface area contributed by atoms with Gasteiger partial charge in [0.2, 0.25) is 0 Å². The lowest BCUT2D eigenvalue weighted by Crippen LogP contribution is -2.19. The lowest BCUT2D eigenvalue weighted by molar-refractivity contribution is 0.0488. The van der Waals surface area contributed by atoms with Gasteiger partial charge in [0.1, 0.15) is 12.4 Å². The molecule has 0 bridgehead atoms. The number of benzene rings is 2. The Morgan fingerprint density at radius 3 is 2.55 bits per heavy atom. The first-order valence-electron chi connectivity index (χ1n) is 7.40. The number of nitrogens with one attached hydrogen (secondary N) is 1. The third-order valence-corrected chi connectivity index (χ3v) is 3.12. The number of hydrogen-bond acceptors (Lipinski definition) is 3. The van der Waals surface area contributed by atoms with Crippen molar-refractivity contribution >= 4 is 0 Å². The van der Waals surface area contributed by atoms with Crippen molar-refractivity contribution in [1.82, 2.24) is 5.32 Å². The summed E-state index contributed by atoms with van der Waals surface area (Å²) in [6.45, 7) is 1.21. The third-order valence-electron chi connectivity index (χ3n) is 3.12. The van der Waals surface area contributed by atoms with Gasteiger partial charge in [0, 0.05) is 6.54 Å². The Labute approximate surface area is 131 Å². The van der Waals surface area contributed by atoms with Crippen molar-refractivity contribution in [2.24, 2.45) is 0 Å². The second kappa shape index (κ2) is 9.18. The van der Waals surface area contributed by atoms with Crippen molar-refractivity contribution in [3.05, 3.63) is 65.7 Å². The fourth-order valence-electron chi connectivity index (χ4n) is 2.06. The Kier molecular flexibility index (Phi) is 6.87. The molecule has 0 saturated heterocycles. The summed E-state index contributed by atoms with van der Waals surface area (Å²) in [6.07, 6.45) is -1.14. The van der Waals surface area contributed by atoms with Gasteiger partial charge >= 0.3 is 0 Å². The van der Waals surface area contributed by atoms with Crippen LogP contribution in [0, 0.1) is 0 Å². The van der Waals surface area contributed by atoms with E-state index in [1.165, 1.54) is 0 Å². The van der Waals surface area contributed by atoms with E-state index >= 15 is 0 Å². The topological polar surface area (TPSA) is 30.5 Å². The molecule has 0 aliphatic rings. The number of ether oxygens (including phenoxy) is 2. The van der Waals surface area contributed by atoms with Crippen molar-refractivity contribution in [1.29, 1.82) is 0 Å². The Morgan fingerprint density at radius 2 is 1.77 bits per heavy atom. The first-order valence-corrected chi connectivity index (χ1v) is 7.40. The van der Waals surface area contributed by atoms with E-state index in [1.54, 1.807) is 0 Å². The molecule has 1 unspecified atom stereocenters. The number of alkyl halides is 1. The van der Waals surface area contributed by atoms with Crippen molar-refractivity contribution < 1.29 is 13.9 Å². The summed E-state index contributed by atoms with van der Waals surface area (Å²) in [7, 11) is 1.88. The SMILES string of the molecule is CNCc1cccc(OCC(F)COCc2ccccc2)c1. The molecule has 0 amide bonds. The van der Waals surface area contributed by atoms with Crippen LogP contribution in [-0.2, 0) is 17.9 Å². The molecule has 0 aliphatic heterocycles. The van der Waals surface area contributed by atoms with Gasteiger partial charge in [-0.25, -0.2) is 4.39 Å². The highest BCUT2D eigenvalue weighted by atomic mass is 19.1. The summed E-state index contributed by atoms with van der Waals surface area (Å²) < 4.78 is 24.6. The van der Waals surface area contributed by atoms with Crippen LogP contribution in [0.3, 0.4) is 0 Å². The summed E-state index contributed by atoms with van der Waals surface area (Å²) in [5, 5.41) is 3.07. The Hall–Kier alpha value is -1.91. The molecule has 1 atom stereocenters. The highest BCUT2D eigenvalue weighted by molar-refractivity contribution is 5.28. The zero-order valence-corrected chi connectivity index (χ0v) is 12.8. The van der Waals surface area contributed by atoms with E-state index in [1.807, 2.05) is 61.6 Å². The van der Waals surface area contributed by atoms with E-state index in [-0.39, 0.29) is 13.2 Å². The van der Waals surface area contributed by atoms with E-state index in [9.17, 15) is 4.39 Å². The van der Waals surface area contributed by atoms with Crippen molar-refractivity contribution in [2.75, 3.05) is 20.3 Å². The molecule has 0 heterocycles. The van der Waals surface area contributed by atoms with Crippen LogP contribution < -0.4 is 10.1 Å². The Morgan fingerprint density at radius 1 is 1.00 bits per heavy atom. The van der Waals surface area contributed by atoms with Crippen molar-refractivity contribution in [3.8, 4) is 5.75 Å². The standard InChI is InChI=1S/C18H22FNO2/c1-20-11-16-8-5-9-18(10-16)22-14-17(19)13-21-12-15-6-3-2-4-7-15/h2-10,17,20H,11-14H2,1H3. The quantitative estimate of drug-likeness (QED) is 0.770. The first kappa shape index (κ1) is 16.5. The number of rotatable bonds is 9. The molecule has 22 heavy (non-hydrogen) atoms. The molecule has 0 aromatic heterocycles. The van der Waals surface area contributed by atoms with Crippen LogP contribution in [0.2, 0.25) is 0 Å². The lowest BCUT2D eigenvalue weighted by Gasteiger charge is -2.12. The first-order chi connectivity index (χ1) is 10.8. The third kappa shape index (κ3) is 5.84. The largest absolute Gasteiger partial charge is 0.490 e. The molecular formula is C18H22FNO2. The van der Waals surface area contributed by atoms with Crippen LogP contribution in [0.4, 0.5) is 4.39 Å². The van der Waals surface area contributed by atoms with E-state index in [2.05, 4.69) is 5.32 Å². The number of halogens is 1. The van der Waals surface area contributed by atoms with Gasteiger partial charge in [-0.3, -0.25) is 0 Å². The lowest BCUT2D eigenvalue weighted by atomic mass is 10.2. The molecule has 2 rings (SSSR count). The molecule has 0 saturated carbocycles. The molecular weight excluding hydrogens is 281 g/mol. The van der Waals surface area contributed by atoms with Gasteiger partial charge in [-0.15, -0.1) is 0 Å². The molecule has 0 fully saturated rings. The molecule has 2 aromatic rings. The monoisotopic (exact) mass is 303 g/mol. The van der Waals surface area contributed by atoms with Gasteiger partial charge in [0.25, 0.3) is 0 Å². The molecule has 0 spiro atoms. The minimum Gasteiger partial charge on any atom is -0.490 e.